The lowest BCUT2D eigenvalue weighted by Crippen LogP contribution is -2.18. The molecule has 3 N–H and O–H groups in total. The molecule has 8 nitrogen and oxygen atoms in total. The van der Waals surface area contributed by atoms with Crippen LogP contribution in [0.5, 0.6) is 17.2 Å². The number of nitrogens with zero attached hydrogens (tertiary/aromatic N) is 1. The lowest BCUT2D eigenvalue weighted by atomic mass is 10.0. The summed E-state index contributed by atoms with van der Waals surface area (Å²) in [5, 5.41) is 21.3. The van der Waals surface area contributed by atoms with E-state index in [1.807, 2.05) is 6.07 Å². The zero-order valence-corrected chi connectivity index (χ0v) is 15.9. The normalized spacial score (nSPS) is 10.3. The molecule has 2 aromatic rings. The fourth-order valence-corrected chi connectivity index (χ4v) is 3.03. The van der Waals surface area contributed by atoms with Gasteiger partial charge >= 0.3 is 5.97 Å². The number of nitriles is 1. The molecule has 2 rings (SSSR count). The number of nitrogens with one attached hydrogen (secondary N) is 2. The Balaban J connectivity index is 2.52. The van der Waals surface area contributed by atoms with E-state index in [1.54, 1.807) is 12.1 Å². The smallest absolute Gasteiger partial charge is 0.304 e. The number of carbonyl (C=O) groups is 1. The van der Waals surface area contributed by atoms with Crippen molar-refractivity contribution in [1.82, 2.24) is 10.3 Å². The van der Waals surface area contributed by atoms with Crippen molar-refractivity contribution < 1.29 is 24.1 Å². The maximum Gasteiger partial charge on any atom is 0.304 e. The Kier molecular flexibility index (Phi) is 6.93. The molecule has 0 amide bonds. The third-order valence-corrected chi connectivity index (χ3v) is 4.30. The number of methoxy groups -OCH3 is 3. The summed E-state index contributed by atoms with van der Waals surface area (Å²) < 4.78 is 16.2. The molecule has 0 spiro atoms. The van der Waals surface area contributed by atoms with E-state index in [4.69, 9.17) is 30.9 Å². The van der Waals surface area contributed by atoms with Crippen LogP contribution in [-0.2, 0) is 11.3 Å². The first-order chi connectivity index (χ1) is 13.0. The molecule has 0 aliphatic carbocycles. The topological polar surface area (TPSA) is 117 Å². The molecule has 1 aromatic heterocycles. The zero-order valence-electron chi connectivity index (χ0n) is 15.2. The standard InChI is InChI=1S/C18H20ClN3O5/c1-25-13-5-4-10(17(26-2)18(13)27-3)15-12(9-21-7-6-14(23)24)22-11(8-20)16(15)19/h4-5,21-22H,6-7,9H2,1-3H3,(H,23,24). The minimum atomic E-state index is -0.897. The summed E-state index contributed by atoms with van der Waals surface area (Å²) in [5.41, 5.74) is 2.03. The van der Waals surface area contributed by atoms with Crippen LogP contribution in [0.25, 0.3) is 11.1 Å². The SMILES string of the molecule is COc1ccc(-c2c(CNCCC(=O)O)[nH]c(C#N)c2Cl)c(OC)c1OC. The van der Waals surface area contributed by atoms with E-state index in [-0.39, 0.29) is 23.7 Å². The summed E-state index contributed by atoms with van der Waals surface area (Å²) in [4.78, 5) is 13.6. The average molecular weight is 394 g/mol. The maximum atomic E-state index is 10.7. The van der Waals surface area contributed by atoms with E-state index in [0.717, 1.165) is 0 Å². The predicted molar refractivity (Wildman–Crippen MR) is 99.6 cm³/mol. The minimum Gasteiger partial charge on any atom is -0.493 e. The van der Waals surface area contributed by atoms with Gasteiger partial charge in [-0.1, -0.05) is 11.6 Å². The van der Waals surface area contributed by atoms with Crippen molar-refractivity contribution >= 4 is 17.6 Å². The van der Waals surface area contributed by atoms with E-state index in [2.05, 4.69) is 10.3 Å². The Hall–Kier alpha value is -2.89. The number of ether oxygens (including phenoxy) is 3. The Morgan fingerprint density at radius 3 is 2.52 bits per heavy atom. The third kappa shape index (κ3) is 4.27. The molecule has 0 atom stereocenters. The number of aromatic nitrogens is 1. The van der Waals surface area contributed by atoms with Crippen LogP contribution in [0.15, 0.2) is 12.1 Å². The first-order valence-electron chi connectivity index (χ1n) is 8.00. The number of rotatable bonds is 9. The number of carboxylic acids is 1. The first-order valence-corrected chi connectivity index (χ1v) is 8.38. The lowest BCUT2D eigenvalue weighted by Gasteiger charge is -2.16. The van der Waals surface area contributed by atoms with Gasteiger partial charge in [-0.2, -0.15) is 5.26 Å². The fraction of sp³-hybridized carbons (Fsp3) is 0.333. The molecule has 27 heavy (non-hydrogen) atoms. The van der Waals surface area contributed by atoms with Gasteiger partial charge in [-0.05, 0) is 12.1 Å². The van der Waals surface area contributed by atoms with Crippen LogP contribution in [0, 0.1) is 11.3 Å². The van der Waals surface area contributed by atoms with Crippen molar-refractivity contribution in [2.75, 3.05) is 27.9 Å². The molecule has 0 bridgehead atoms. The van der Waals surface area contributed by atoms with Crippen LogP contribution in [0.3, 0.4) is 0 Å². The molecule has 0 radical (unpaired) electrons. The summed E-state index contributed by atoms with van der Waals surface area (Å²) in [5.74, 6) is 0.407. The molecule has 0 unspecified atom stereocenters. The van der Waals surface area contributed by atoms with Gasteiger partial charge in [-0.3, -0.25) is 4.79 Å². The Morgan fingerprint density at radius 2 is 1.96 bits per heavy atom. The largest absolute Gasteiger partial charge is 0.493 e. The highest BCUT2D eigenvalue weighted by Crippen LogP contribution is 2.47. The van der Waals surface area contributed by atoms with E-state index >= 15 is 0 Å². The Morgan fingerprint density at radius 1 is 1.26 bits per heavy atom. The summed E-state index contributed by atoms with van der Waals surface area (Å²) in [7, 11) is 4.52. The summed E-state index contributed by atoms with van der Waals surface area (Å²) in [6.45, 7) is 0.567. The molecule has 1 aromatic carbocycles. The number of hydrogen-bond donors (Lipinski definition) is 3. The van der Waals surface area contributed by atoms with Crippen molar-refractivity contribution in [3.05, 3.63) is 28.5 Å². The maximum absolute atomic E-state index is 10.7. The quantitative estimate of drug-likeness (QED) is 0.561. The van der Waals surface area contributed by atoms with E-state index in [9.17, 15) is 10.1 Å². The van der Waals surface area contributed by atoms with Gasteiger partial charge in [-0.15, -0.1) is 0 Å². The van der Waals surface area contributed by atoms with Gasteiger partial charge < -0.3 is 29.6 Å². The fourth-order valence-electron chi connectivity index (χ4n) is 2.72. The molecular formula is C18H20ClN3O5. The van der Waals surface area contributed by atoms with Crippen LogP contribution in [0.2, 0.25) is 5.02 Å². The predicted octanol–water partition coefficient (Wildman–Crippen LogP) is 2.80. The highest BCUT2D eigenvalue weighted by Gasteiger charge is 2.24. The van der Waals surface area contributed by atoms with Crippen LogP contribution >= 0.6 is 11.6 Å². The van der Waals surface area contributed by atoms with Crippen molar-refractivity contribution in [1.29, 1.82) is 5.26 Å². The van der Waals surface area contributed by atoms with Crippen molar-refractivity contribution in [3.63, 3.8) is 0 Å². The van der Waals surface area contributed by atoms with Crippen molar-refractivity contribution in [2.24, 2.45) is 0 Å². The Labute approximate surface area is 161 Å². The van der Waals surface area contributed by atoms with Gasteiger partial charge in [-0.25, -0.2) is 0 Å². The van der Waals surface area contributed by atoms with Gasteiger partial charge in [0, 0.05) is 29.9 Å². The molecule has 0 fully saturated rings. The second-order valence-corrected chi connectivity index (χ2v) is 5.86. The number of halogens is 1. The van der Waals surface area contributed by atoms with E-state index in [1.165, 1.54) is 21.3 Å². The molecule has 0 aliphatic rings. The van der Waals surface area contributed by atoms with Crippen LogP contribution in [0.1, 0.15) is 17.8 Å². The van der Waals surface area contributed by atoms with Gasteiger partial charge in [0.05, 0.1) is 32.8 Å². The molecule has 9 heteroatoms. The average Bonchev–Trinajstić information content (AvgIpc) is 2.98. The number of aliphatic carboxylic acids is 1. The highest BCUT2D eigenvalue weighted by atomic mass is 35.5. The summed E-state index contributed by atoms with van der Waals surface area (Å²) >= 11 is 6.42. The highest BCUT2D eigenvalue weighted by molar-refractivity contribution is 6.34. The minimum absolute atomic E-state index is 0.0193. The summed E-state index contributed by atoms with van der Waals surface area (Å²) in [6, 6.07) is 5.49. The van der Waals surface area contributed by atoms with E-state index in [0.29, 0.717) is 40.6 Å². The summed E-state index contributed by atoms with van der Waals surface area (Å²) in [6.07, 6.45) is -0.0193. The number of hydrogen-bond acceptors (Lipinski definition) is 6. The Bertz CT molecular complexity index is 873. The molecular weight excluding hydrogens is 374 g/mol. The van der Waals surface area contributed by atoms with Gasteiger partial charge in [0.1, 0.15) is 11.8 Å². The number of benzene rings is 1. The zero-order chi connectivity index (χ0) is 20.0. The van der Waals surface area contributed by atoms with Gasteiger partial charge in [0.15, 0.2) is 11.5 Å². The van der Waals surface area contributed by atoms with Crippen LogP contribution in [-0.4, -0.2) is 43.9 Å². The molecule has 0 saturated carbocycles. The van der Waals surface area contributed by atoms with E-state index < -0.39 is 5.97 Å². The van der Waals surface area contributed by atoms with Crippen molar-refractivity contribution in [3.8, 4) is 34.4 Å². The number of H-pyrrole nitrogens is 1. The first kappa shape index (κ1) is 20.4. The van der Waals surface area contributed by atoms with Crippen LogP contribution in [0.4, 0.5) is 0 Å². The monoisotopic (exact) mass is 393 g/mol. The molecule has 144 valence electrons. The second-order valence-electron chi connectivity index (χ2n) is 5.48. The van der Waals surface area contributed by atoms with Gasteiger partial charge in [0.2, 0.25) is 5.75 Å². The lowest BCUT2D eigenvalue weighted by molar-refractivity contribution is -0.136. The van der Waals surface area contributed by atoms with Gasteiger partial charge in [0.25, 0.3) is 0 Å². The number of aromatic amines is 1. The molecule has 1 heterocycles. The molecule has 0 saturated heterocycles. The number of carboxylic acid groups (broad SMARTS) is 1. The third-order valence-electron chi connectivity index (χ3n) is 3.92. The second kappa shape index (κ2) is 9.16. The van der Waals surface area contributed by atoms with Crippen molar-refractivity contribution in [2.45, 2.75) is 13.0 Å². The van der Waals surface area contributed by atoms with Crippen LogP contribution < -0.4 is 19.5 Å². The molecule has 0 aliphatic heterocycles.